The molecule has 2 N–H and O–H groups in total. The Labute approximate surface area is 123 Å². The number of nitrogens with two attached hydrogens (primary N) is 1. The zero-order chi connectivity index (χ0) is 13.2. The molecule has 0 amide bonds. The van der Waals surface area contributed by atoms with Gasteiger partial charge >= 0.3 is 0 Å². The van der Waals surface area contributed by atoms with E-state index >= 15 is 0 Å². The number of hydrogen-bond donors (Lipinski definition) is 1. The molecule has 3 heteroatoms. The van der Waals surface area contributed by atoms with Gasteiger partial charge in [-0.25, -0.2) is 0 Å². The molecule has 0 fully saturated rings. The van der Waals surface area contributed by atoms with Crippen LogP contribution in [0.15, 0.2) is 41.3 Å². The highest BCUT2D eigenvalue weighted by Gasteiger charge is 2.11. The van der Waals surface area contributed by atoms with Crippen molar-refractivity contribution < 1.29 is 0 Å². The van der Waals surface area contributed by atoms with Crippen LogP contribution in [0.25, 0.3) is 0 Å². The molecule has 0 saturated heterocycles. The SMILES string of the molecule is Nc1ccc(SCc2ccc3c(c2)CCC3)c(Cl)c1. The van der Waals surface area contributed by atoms with Gasteiger partial charge in [0.05, 0.1) is 5.02 Å². The highest BCUT2D eigenvalue weighted by Crippen LogP contribution is 2.32. The van der Waals surface area contributed by atoms with E-state index in [1.165, 1.54) is 36.0 Å². The molecule has 0 aromatic heterocycles. The lowest BCUT2D eigenvalue weighted by molar-refractivity contribution is 0.911. The molecule has 3 rings (SSSR count). The van der Waals surface area contributed by atoms with Gasteiger partial charge in [0.1, 0.15) is 0 Å². The fraction of sp³-hybridized carbons (Fsp3) is 0.250. The van der Waals surface area contributed by atoms with E-state index in [0.29, 0.717) is 5.69 Å². The minimum Gasteiger partial charge on any atom is -0.399 e. The molecule has 0 saturated carbocycles. The highest BCUT2D eigenvalue weighted by atomic mass is 35.5. The molecular formula is C16H16ClNS. The number of fused-ring (bicyclic) bond motifs is 1. The molecule has 0 aliphatic heterocycles. The number of anilines is 1. The lowest BCUT2D eigenvalue weighted by Crippen LogP contribution is -1.88. The first-order valence-corrected chi connectivity index (χ1v) is 7.87. The number of nitrogen functional groups attached to an aromatic ring is 1. The van der Waals surface area contributed by atoms with Gasteiger partial charge in [-0.2, -0.15) is 0 Å². The molecule has 0 bridgehead atoms. The van der Waals surface area contributed by atoms with Crippen molar-refractivity contribution in [2.75, 3.05) is 5.73 Å². The van der Waals surface area contributed by atoms with Gasteiger partial charge < -0.3 is 5.73 Å². The molecule has 0 heterocycles. The third-order valence-corrected chi connectivity index (χ3v) is 5.08. The van der Waals surface area contributed by atoms with Gasteiger partial charge in [0.15, 0.2) is 0 Å². The summed E-state index contributed by atoms with van der Waals surface area (Å²) in [5.41, 5.74) is 10.8. The summed E-state index contributed by atoms with van der Waals surface area (Å²) < 4.78 is 0. The number of hydrogen-bond acceptors (Lipinski definition) is 2. The monoisotopic (exact) mass is 289 g/mol. The van der Waals surface area contributed by atoms with Crippen molar-refractivity contribution >= 4 is 29.1 Å². The van der Waals surface area contributed by atoms with Crippen molar-refractivity contribution in [1.82, 2.24) is 0 Å². The minimum absolute atomic E-state index is 0.715. The Morgan fingerprint density at radius 1 is 1.05 bits per heavy atom. The van der Waals surface area contributed by atoms with Crippen LogP contribution >= 0.6 is 23.4 Å². The van der Waals surface area contributed by atoms with Crippen molar-refractivity contribution in [3.8, 4) is 0 Å². The molecule has 1 nitrogen and oxygen atoms in total. The molecule has 98 valence electrons. The highest BCUT2D eigenvalue weighted by molar-refractivity contribution is 7.98. The predicted molar refractivity (Wildman–Crippen MR) is 83.9 cm³/mol. The average molecular weight is 290 g/mol. The first-order chi connectivity index (χ1) is 9.22. The van der Waals surface area contributed by atoms with E-state index in [1.54, 1.807) is 11.8 Å². The maximum Gasteiger partial charge on any atom is 0.0562 e. The van der Waals surface area contributed by atoms with Gasteiger partial charge in [-0.1, -0.05) is 29.8 Å². The zero-order valence-corrected chi connectivity index (χ0v) is 12.2. The van der Waals surface area contributed by atoms with Crippen LogP contribution in [0.3, 0.4) is 0 Å². The molecule has 0 spiro atoms. The molecule has 0 radical (unpaired) electrons. The number of rotatable bonds is 3. The van der Waals surface area contributed by atoms with E-state index in [9.17, 15) is 0 Å². The Kier molecular flexibility index (Phi) is 3.72. The average Bonchev–Trinajstić information content (AvgIpc) is 2.85. The van der Waals surface area contributed by atoms with Crippen molar-refractivity contribution in [2.45, 2.75) is 29.9 Å². The summed E-state index contributed by atoms with van der Waals surface area (Å²) in [6, 6.07) is 12.6. The first kappa shape index (κ1) is 12.9. The number of thioether (sulfide) groups is 1. The van der Waals surface area contributed by atoms with E-state index < -0.39 is 0 Å². The predicted octanol–water partition coefficient (Wildman–Crippen LogP) is 4.70. The van der Waals surface area contributed by atoms with Gasteiger partial charge in [-0.15, -0.1) is 11.8 Å². The van der Waals surface area contributed by atoms with Gasteiger partial charge in [-0.3, -0.25) is 0 Å². The van der Waals surface area contributed by atoms with Crippen LogP contribution in [0.2, 0.25) is 5.02 Å². The van der Waals surface area contributed by atoms with Crippen molar-refractivity contribution in [2.24, 2.45) is 0 Å². The van der Waals surface area contributed by atoms with Crippen molar-refractivity contribution in [3.05, 3.63) is 58.1 Å². The second-order valence-corrected chi connectivity index (χ2v) is 6.36. The van der Waals surface area contributed by atoms with Crippen LogP contribution in [0.5, 0.6) is 0 Å². The Morgan fingerprint density at radius 3 is 2.74 bits per heavy atom. The second-order valence-electron chi connectivity index (χ2n) is 4.94. The number of halogens is 1. The van der Waals surface area contributed by atoms with Gasteiger partial charge in [-0.05, 0) is 54.2 Å². The third kappa shape index (κ3) is 2.90. The zero-order valence-electron chi connectivity index (χ0n) is 10.7. The summed E-state index contributed by atoms with van der Waals surface area (Å²) in [4.78, 5) is 1.09. The van der Waals surface area contributed by atoms with Gasteiger partial charge in [0, 0.05) is 16.3 Å². The Hall–Kier alpha value is -1.12. The van der Waals surface area contributed by atoms with E-state index in [1.807, 2.05) is 18.2 Å². The summed E-state index contributed by atoms with van der Waals surface area (Å²) in [5, 5.41) is 0.742. The van der Waals surface area contributed by atoms with E-state index in [-0.39, 0.29) is 0 Å². The van der Waals surface area contributed by atoms with Crippen molar-refractivity contribution in [3.63, 3.8) is 0 Å². The fourth-order valence-corrected chi connectivity index (χ4v) is 3.73. The maximum absolute atomic E-state index is 6.19. The lowest BCUT2D eigenvalue weighted by Gasteiger charge is -2.07. The number of benzene rings is 2. The van der Waals surface area contributed by atoms with Crippen LogP contribution in [0, 0.1) is 0 Å². The summed E-state index contributed by atoms with van der Waals surface area (Å²) in [5.74, 6) is 0.955. The summed E-state index contributed by atoms with van der Waals surface area (Å²) in [6.07, 6.45) is 3.78. The standard InChI is InChI=1S/C16H16ClNS/c17-15-9-14(18)6-7-16(15)19-10-11-4-5-12-2-1-3-13(12)8-11/h4-9H,1-3,10,18H2. The minimum atomic E-state index is 0.715. The van der Waals surface area contributed by atoms with Gasteiger partial charge in [0.25, 0.3) is 0 Å². The van der Waals surface area contributed by atoms with E-state index in [4.69, 9.17) is 17.3 Å². The second kappa shape index (κ2) is 5.48. The molecule has 2 aromatic rings. The van der Waals surface area contributed by atoms with E-state index in [2.05, 4.69) is 18.2 Å². The fourth-order valence-electron chi connectivity index (χ4n) is 2.51. The van der Waals surface area contributed by atoms with Crippen LogP contribution in [-0.4, -0.2) is 0 Å². The normalized spacial score (nSPS) is 13.5. The van der Waals surface area contributed by atoms with Crippen LogP contribution in [-0.2, 0) is 18.6 Å². The molecular weight excluding hydrogens is 274 g/mol. The first-order valence-electron chi connectivity index (χ1n) is 6.51. The smallest absolute Gasteiger partial charge is 0.0562 e. The maximum atomic E-state index is 6.19. The van der Waals surface area contributed by atoms with E-state index in [0.717, 1.165) is 15.7 Å². The summed E-state index contributed by atoms with van der Waals surface area (Å²) in [6.45, 7) is 0. The summed E-state index contributed by atoms with van der Waals surface area (Å²) in [7, 11) is 0. The quantitative estimate of drug-likeness (QED) is 0.654. The Morgan fingerprint density at radius 2 is 1.89 bits per heavy atom. The van der Waals surface area contributed by atoms with Gasteiger partial charge in [0.2, 0.25) is 0 Å². The summed E-state index contributed by atoms with van der Waals surface area (Å²) >= 11 is 7.96. The third-order valence-electron chi connectivity index (χ3n) is 3.51. The lowest BCUT2D eigenvalue weighted by atomic mass is 10.1. The van der Waals surface area contributed by atoms with Crippen LogP contribution in [0.1, 0.15) is 23.1 Å². The molecule has 2 aromatic carbocycles. The molecule has 1 aliphatic carbocycles. The Bertz CT molecular complexity index is 610. The Balaban J connectivity index is 1.72. The topological polar surface area (TPSA) is 26.0 Å². The molecule has 0 atom stereocenters. The molecule has 19 heavy (non-hydrogen) atoms. The van der Waals surface area contributed by atoms with Crippen LogP contribution in [0.4, 0.5) is 5.69 Å². The largest absolute Gasteiger partial charge is 0.399 e. The molecule has 1 aliphatic rings. The number of aryl methyl sites for hydroxylation is 2. The molecule has 0 unspecified atom stereocenters. The van der Waals surface area contributed by atoms with Crippen LogP contribution < -0.4 is 5.73 Å². The van der Waals surface area contributed by atoms with Crippen molar-refractivity contribution in [1.29, 1.82) is 0 Å².